The lowest BCUT2D eigenvalue weighted by atomic mass is 9.77. The maximum absolute atomic E-state index is 11.5. The van der Waals surface area contributed by atoms with Gasteiger partial charge in [-0.3, -0.25) is 0 Å². The summed E-state index contributed by atoms with van der Waals surface area (Å²) < 4.78 is 0. The van der Waals surface area contributed by atoms with Gasteiger partial charge in [0.15, 0.2) is 0 Å². The van der Waals surface area contributed by atoms with Crippen LogP contribution in [0.3, 0.4) is 0 Å². The van der Waals surface area contributed by atoms with E-state index >= 15 is 0 Å². The van der Waals surface area contributed by atoms with Crippen LogP contribution in [0.1, 0.15) is 248 Å². The zero-order valence-electron chi connectivity index (χ0n) is 39.5. The molecule has 0 unspecified atom stereocenters. The minimum absolute atomic E-state index is 0.122. The fourth-order valence-electron chi connectivity index (χ4n) is 9.04. The molecule has 0 radical (unpaired) electrons. The predicted octanol–water partition coefficient (Wildman–Crippen LogP) is 15.9. The van der Waals surface area contributed by atoms with E-state index in [1.165, 1.54) is 0 Å². The van der Waals surface area contributed by atoms with E-state index < -0.39 is 0 Å². The molecule has 60 heavy (non-hydrogen) atoms. The lowest BCUT2D eigenvalue weighted by Crippen LogP contribution is -2.11. The van der Waals surface area contributed by atoms with Crippen LogP contribution in [0.15, 0.2) is 72.8 Å². The predicted molar refractivity (Wildman–Crippen MR) is 253 cm³/mol. The molecule has 0 saturated heterocycles. The summed E-state index contributed by atoms with van der Waals surface area (Å²) in [6, 6.07) is 26.6. The van der Waals surface area contributed by atoms with E-state index in [0.717, 1.165) is 77.9 Å². The lowest BCUT2D eigenvalue weighted by Gasteiger charge is -2.28. The smallest absolute Gasteiger partial charge is 0.122 e. The largest absolute Gasteiger partial charge is 0.507 e. The van der Waals surface area contributed by atoms with Crippen molar-refractivity contribution in [2.24, 2.45) is 0 Å². The minimum atomic E-state index is -0.175. The molecule has 0 aromatic heterocycles. The van der Waals surface area contributed by atoms with Crippen molar-refractivity contribution in [3.05, 3.63) is 151 Å². The molecule has 322 valence electrons. The Bertz CT molecular complexity index is 1870. The first-order valence-corrected chi connectivity index (χ1v) is 22.6. The molecule has 0 saturated carbocycles. The van der Waals surface area contributed by atoms with Crippen molar-refractivity contribution in [3.8, 4) is 23.0 Å². The molecule has 0 fully saturated rings. The van der Waals surface area contributed by atoms with Crippen molar-refractivity contribution in [3.63, 3.8) is 0 Å². The van der Waals surface area contributed by atoms with Gasteiger partial charge in [-0.25, -0.2) is 0 Å². The van der Waals surface area contributed by atoms with E-state index in [4.69, 9.17) is 0 Å². The Morgan fingerprint density at radius 2 is 0.367 bits per heavy atom. The second-order valence-corrected chi connectivity index (χ2v) is 20.0. The number of aromatic hydroxyl groups is 4. The topological polar surface area (TPSA) is 80.9 Å². The molecule has 0 amide bonds. The molecule has 5 aromatic carbocycles. The van der Waals surface area contributed by atoms with E-state index in [-0.39, 0.29) is 59.2 Å². The Morgan fingerprint density at radius 3 is 0.483 bits per heavy atom. The molecule has 0 aliphatic heterocycles. The molecule has 0 spiro atoms. The van der Waals surface area contributed by atoms with Gasteiger partial charge in [-0.1, -0.05) is 184 Å². The number of benzene rings is 5. The van der Waals surface area contributed by atoms with Gasteiger partial charge in [0.25, 0.3) is 0 Å². The number of hydrogen-bond donors (Lipinski definition) is 4. The van der Waals surface area contributed by atoms with Crippen molar-refractivity contribution in [2.45, 2.75) is 170 Å². The number of phenolic OH excluding ortho intramolecular Hbond substituents is 4. The molecule has 5 aromatic rings. The van der Waals surface area contributed by atoms with Crippen molar-refractivity contribution in [1.29, 1.82) is 0 Å². The number of rotatable bonds is 14. The van der Waals surface area contributed by atoms with Gasteiger partial charge in [0.05, 0.1) is 0 Å². The quantitative estimate of drug-likeness (QED) is 0.0842. The highest BCUT2D eigenvalue weighted by atomic mass is 16.3. The van der Waals surface area contributed by atoms with Crippen LogP contribution in [-0.4, -0.2) is 20.4 Å². The molecule has 5 rings (SSSR count). The zero-order chi connectivity index (χ0) is 44.7. The highest BCUT2D eigenvalue weighted by Crippen LogP contribution is 2.47. The Hall–Kier alpha value is -4.70. The van der Waals surface area contributed by atoms with Crippen molar-refractivity contribution in [2.75, 3.05) is 0 Å². The van der Waals surface area contributed by atoms with E-state index in [2.05, 4.69) is 184 Å². The van der Waals surface area contributed by atoms with Gasteiger partial charge < -0.3 is 20.4 Å². The van der Waals surface area contributed by atoms with Crippen LogP contribution in [-0.2, 0) is 0 Å². The minimum Gasteiger partial charge on any atom is -0.507 e. The van der Waals surface area contributed by atoms with Gasteiger partial charge in [0, 0.05) is 11.8 Å². The highest BCUT2D eigenvalue weighted by Gasteiger charge is 2.29. The fourth-order valence-corrected chi connectivity index (χ4v) is 9.04. The van der Waals surface area contributed by atoms with E-state index in [1.54, 1.807) is 0 Å². The van der Waals surface area contributed by atoms with Crippen LogP contribution in [0.25, 0.3) is 0 Å². The summed E-state index contributed by atoms with van der Waals surface area (Å²) in [7, 11) is 0. The fraction of sp³-hybridized carbons (Fsp3) is 0.464. The van der Waals surface area contributed by atoms with Gasteiger partial charge in [-0.05, 0) is 125 Å². The molecule has 4 N–H and O–H groups in total. The molecule has 0 heterocycles. The third-order valence-electron chi connectivity index (χ3n) is 12.7. The summed E-state index contributed by atoms with van der Waals surface area (Å²) in [5.41, 5.74) is 14.2. The van der Waals surface area contributed by atoms with Crippen molar-refractivity contribution in [1.82, 2.24) is 0 Å². The third-order valence-corrected chi connectivity index (χ3v) is 12.7. The Morgan fingerprint density at radius 1 is 0.233 bits per heavy atom. The highest BCUT2D eigenvalue weighted by molar-refractivity contribution is 5.59. The van der Waals surface area contributed by atoms with Gasteiger partial charge in [-0.2, -0.15) is 0 Å². The normalized spacial score (nSPS) is 12.4. The van der Waals surface area contributed by atoms with Gasteiger partial charge >= 0.3 is 0 Å². The third kappa shape index (κ3) is 9.29. The zero-order valence-corrected chi connectivity index (χ0v) is 39.5. The van der Waals surface area contributed by atoms with E-state index in [0.29, 0.717) is 23.0 Å². The second-order valence-electron chi connectivity index (χ2n) is 20.0. The molecule has 0 bridgehead atoms. The average molecular weight is 811 g/mol. The maximum Gasteiger partial charge on any atom is 0.122 e. The van der Waals surface area contributed by atoms with Crippen LogP contribution >= 0.6 is 0 Å². The van der Waals surface area contributed by atoms with E-state index in [9.17, 15) is 20.4 Å². The average Bonchev–Trinajstić information content (AvgIpc) is 3.16. The van der Waals surface area contributed by atoms with Crippen LogP contribution in [0, 0.1) is 0 Å². The molecule has 4 nitrogen and oxygen atoms in total. The summed E-state index contributed by atoms with van der Waals surface area (Å²) in [6.45, 7) is 34.2. The Balaban J connectivity index is 1.86. The van der Waals surface area contributed by atoms with Crippen molar-refractivity contribution >= 4 is 0 Å². The number of hydrogen-bond acceptors (Lipinski definition) is 4. The molecular formula is C56H74O4. The summed E-state index contributed by atoms with van der Waals surface area (Å²) in [5, 5.41) is 46.2. The monoisotopic (exact) mass is 811 g/mol. The van der Waals surface area contributed by atoms with E-state index in [1.807, 2.05) is 0 Å². The first-order chi connectivity index (χ1) is 28.0. The SMILES string of the molecule is CC(C)c1cc(C(c2ccc(C(c3cc(C(C)C)c(O)c(C(C)C)c3)c3cc(C(C)C)c(O)c(C(C)C)c3)cc2)c2cc(C(C)C)c(O)c(C(C)C)c2)cc(C(C)C)c1O. The first-order valence-electron chi connectivity index (χ1n) is 22.6. The van der Waals surface area contributed by atoms with Crippen molar-refractivity contribution < 1.29 is 20.4 Å². The molecule has 0 aliphatic rings. The van der Waals surface area contributed by atoms with Crippen LogP contribution < -0.4 is 0 Å². The van der Waals surface area contributed by atoms with Gasteiger partial charge in [-0.15, -0.1) is 0 Å². The standard InChI is InChI=1S/C56H74O4/c1-29(2)43-21-39(22-44(30(3)4)53(43)57)51(40-23-45(31(5)6)54(58)46(24-40)32(7)8)37-17-19-38(20-18-37)52(41-25-47(33(9)10)55(59)48(26-41)34(11)12)42-27-49(35(13)14)56(60)50(28-42)36(15)16/h17-36,51-52,57-60H,1-16H3. The number of phenols is 4. The van der Waals surface area contributed by atoms with Crippen LogP contribution in [0.5, 0.6) is 23.0 Å². The summed E-state index contributed by atoms with van der Waals surface area (Å²) in [5.74, 6) is 2.14. The first kappa shape index (κ1) is 46.4. The maximum atomic E-state index is 11.5. The van der Waals surface area contributed by atoms with Crippen LogP contribution in [0.4, 0.5) is 0 Å². The second kappa shape index (κ2) is 18.5. The molecule has 0 aliphatic carbocycles. The summed E-state index contributed by atoms with van der Waals surface area (Å²) in [6.07, 6.45) is 0. The Labute approximate surface area is 362 Å². The molecule has 0 atom stereocenters. The van der Waals surface area contributed by atoms with Crippen LogP contribution in [0.2, 0.25) is 0 Å². The Kier molecular flexibility index (Phi) is 14.3. The van der Waals surface area contributed by atoms with Gasteiger partial charge in [0.2, 0.25) is 0 Å². The molecular weight excluding hydrogens is 737 g/mol. The summed E-state index contributed by atoms with van der Waals surface area (Å²) >= 11 is 0. The molecule has 4 heteroatoms. The van der Waals surface area contributed by atoms with Gasteiger partial charge in [0.1, 0.15) is 23.0 Å². The lowest BCUT2D eigenvalue weighted by molar-refractivity contribution is 0.452. The summed E-state index contributed by atoms with van der Waals surface area (Å²) in [4.78, 5) is 0.